The Kier molecular flexibility index (Phi) is 3.90. The molecule has 0 atom stereocenters. The zero-order valence-electron chi connectivity index (χ0n) is 11.8. The number of hydrogen-bond donors (Lipinski definition) is 0. The zero-order chi connectivity index (χ0) is 14.0. The third-order valence-corrected chi connectivity index (χ3v) is 3.55. The minimum atomic E-state index is 0.132. The van der Waals surface area contributed by atoms with Gasteiger partial charge in [0.05, 0.1) is 11.1 Å². The van der Waals surface area contributed by atoms with E-state index in [1.165, 1.54) is 11.3 Å². The molecule has 0 aliphatic heterocycles. The van der Waals surface area contributed by atoms with Crippen LogP contribution in [0.4, 0.5) is 0 Å². The number of fused-ring (bicyclic) bond motifs is 1. The van der Waals surface area contributed by atoms with Gasteiger partial charge >= 0.3 is 0 Å². The van der Waals surface area contributed by atoms with Gasteiger partial charge in [0.2, 0.25) is 0 Å². The Labute approximate surface area is 112 Å². The summed E-state index contributed by atoms with van der Waals surface area (Å²) in [6, 6.07) is 3.78. The predicted octanol–water partition coefficient (Wildman–Crippen LogP) is 3.07. The van der Waals surface area contributed by atoms with E-state index >= 15 is 0 Å². The summed E-state index contributed by atoms with van der Waals surface area (Å²) < 4.78 is 12.8. The molecule has 0 radical (unpaired) electrons. The van der Waals surface area contributed by atoms with E-state index < -0.39 is 0 Å². The van der Waals surface area contributed by atoms with E-state index in [2.05, 4.69) is 25.3 Å². The van der Waals surface area contributed by atoms with E-state index in [-0.39, 0.29) is 6.79 Å². The third kappa shape index (κ3) is 2.12. The van der Waals surface area contributed by atoms with Gasteiger partial charge < -0.3 is 14.0 Å². The van der Waals surface area contributed by atoms with E-state index in [0.717, 1.165) is 23.7 Å². The summed E-state index contributed by atoms with van der Waals surface area (Å²) in [4.78, 5) is 11.2. The lowest BCUT2D eigenvalue weighted by atomic mass is 10.1. The van der Waals surface area contributed by atoms with E-state index in [1.807, 2.05) is 6.07 Å². The molecule has 0 bridgehead atoms. The number of carbonyl (C=O) groups is 1. The Balaban J connectivity index is 2.78. The van der Waals surface area contributed by atoms with Crippen LogP contribution >= 0.6 is 0 Å². The van der Waals surface area contributed by atoms with Crippen molar-refractivity contribution in [3.05, 3.63) is 29.0 Å². The molecular formula is C15H19NO3. The Morgan fingerprint density at radius 2 is 2.05 bits per heavy atom. The largest absolute Gasteiger partial charge is 0.465 e. The highest BCUT2D eigenvalue weighted by Gasteiger charge is 2.17. The lowest BCUT2D eigenvalue weighted by Crippen LogP contribution is -2.05. The average molecular weight is 261 g/mol. The molecule has 0 saturated carbocycles. The van der Waals surface area contributed by atoms with Gasteiger partial charge in [0.15, 0.2) is 18.8 Å². The van der Waals surface area contributed by atoms with Crippen molar-refractivity contribution in [3.8, 4) is 5.75 Å². The van der Waals surface area contributed by atoms with Gasteiger partial charge in [-0.15, -0.1) is 0 Å². The summed E-state index contributed by atoms with van der Waals surface area (Å²) in [6.45, 7) is 7.22. The molecule has 0 spiro atoms. The number of methoxy groups -OCH3 is 1. The lowest BCUT2D eigenvalue weighted by Gasteiger charge is -2.12. The maximum Gasteiger partial charge on any atom is 0.188 e. The fraction of sp³-hybridized carbons (Fsp3) is 0.400. The summed E-state index contributed by atoms with van der Waals surface area (Å²) in [5, 5.41) is 1.12. The number of carbonyl (C=O) groups excluding carboxylic acids is 1. The Hall–Kier alpha value is -1.81. The molecule has 1 aromatic heterocycles. The van der Waals surface area contributed by atoms with Crippen molar-refractivity contribution in [1.82, 2.24) is 4.57 Å². The molecule has 4 nitrogen and oxygen atoms in total. The molecule has 0 aliphatic carbocycles. The molecule has 2 rings (SSSR count). The smallest absolute Gasteiger partial charge is 0.188 e. The molecular weight excluding hydrogens is 242 g/mol. The van der Waals surface area contributed by atoms with Crippen molar-refractivity contribution < 1.29 is 14.3 Å². The van der Waals surface area contributed by atoms with Gasteiger partial charge in [-0.05, 0) is 32.4 Å². The molecule has 0 N–H and O–H groups in total. The van der Waals surface area contributed by atoms with E-state index in [1.54, 1.807) is 13.2 Å². The summed E-state index contributed by atoms with van der Waals surface area (Å²) in [5.74, 6) is 0.604. The van der Waals surface area contributed by atoms with Gasteiger partial charge in [-0.2, -0.15) is 0 Å². The number of aryl methyl sites for hydroxylation is 2. The van der Waals surface area contributed by atoms with Gasteiger partial charge in [0.25, 0.3) is 0 Å². The van der Waals surface area contributed by atoms with E-state index in [0.29, 0.717) is 11.3 Å². The fourth-order valence-corrected chi connectivity index (χ4v) is 2.48. The molecule has 2 aromatic rings. The number of aldehydes is 1. The van der Waals surface area contributed by atoms with Crippen LogP contribution in [0.5, 0.6) is 5.75 Å². The van der Waals surface area contributed by atoms with Crippen LogP contribution in [0.25, 0.3) is 10.9 Å². The molecule has 102 valence electrons. The number of hydrogen-bond acceptors (Lipinski definition) is 3. The highest BCUT2D eigenvalue weighted by molar-refractivity contribution is 5.97. The van der Waals surface area contributed by atoms with E-state index in [9.17, 15) is 4.79 Å². The zero-order valence-corrected chi connectivity index (χ0v) is 11.8. The normalized spacial score (nSPS) is 10.9. The second-order valence-electron chi connectivity index (χ2n) is 4.50. The fourth-order valence-electron chi connectivity index (χ4n) is 2.48. The first-order chi connectivity index (χ1) is 9.15. The number of nitrogens with zero attached hydrogens (tertiary/aromatic N) is 1. The summed E-state index contributed by atoms with van der Waals surface area (Å²) in [7, 11) is 1.57. The third-order valence-electron chi connectivity index (χ3n) is 3.55. The molecule has 0 aliphatic rings. The summed E-state index contributed by atoms with van der Waals surface area (Å²) in [6.07, 6.45) is 0.822. The van der Waals surface area contributed by atoms with Crippen LogP contribution in [0.15, 0.2) is 12.1 Å². The van der Waals surface area contributed by atoms with Crippen molar-refractivity contribution in [3.63, 3.8) is 0 Å². The Morgan fingerprint density at radius 3 is 2.63 bits per heavy atom. The molecule has 0 saturated heterocycles. The van der Waals surface area contributed by atoms with Crippen LogP contribution in [0.2, 0.25) is 0 Å². The number of rotatable bonds is 5. The highest BCUT2D eigenvalue weighted by Crippen LogP contribution is 2.34. The standard InChI is InChI=1S/C15H19NO3/c1-5-16-11(3)10(2)13-7-6-12(8-17)15(14(13)16)19-9-18-4/h6-8H,5,9H2,1-4H3. The predicted molar refractivity (Wildman–Crippen MR) is 75.0 cm³/mol. The first kappa shape index (κ1) is 13.6. The van der Waals surface area contributed by atoms with E-state index in [4.69, 9.17) is 9.47 Å². The van der Waals surface area contributed by atoms with Crippen LogP contribution in [-0.2, 0) is 11.3 Å². The van der Waals surface area contributed by atoms with Crippen molar-refractivity contribution in [2.24, 2.45) is 0 Å². The van der Waals surface area contributed by atoms with Crippen LogP contribution < -0.4 is 4.74 Å². The Morgan fingerprint density at radius 1 is 1.32 bits per heavy atom. The molecule has 4 heteroatoms. The van der Waals surface area contributed by atoms with Crippen LogP contribution in [0, 0.1) is 13.8 Å². The number of benzene rings is 1. The van der Waals surface area contributed by atoms with Gasteiger partial charge in [-0.3, -0.25) is 4.79 Å². The quantitative estimate of drug-likeness (QED) is 0.613. The topological polar surface area (TPSA) is 40.5 Å². The number of ether oxygens (including phenoxy) is 2. The van der Waals surface area contributed by atoms with Gasteiger partial charge in [0.1, 0.15) is 0 Å². The van der Waals surface area contributed by atoms with Crippen molar-refractivity contribution in [1.29, 1.82) is 0 Å². The van der Waals surface area contributed by atoms with Gasteiger partial charge in [-0.25, -0.2) is 0 Å². The average Bonchev–Trinajstić information content (AvgIpc) is 2.68. The van der Waals surface area contributed by atoms with Crippen LogP contribution in [0.1, 0.15) is 28.5 Å². The van der Waals surface area contributed by atoms with Crippen molar-refractivity contribution in [2.75, 3.05) is 13.9 Å². The minimum absolute atomic E-state index is 0.132. The molecule has 1 aromatic carbocycles. The Bertz CT molecular complexity index is 614. The second-order valence-corrected chi connectivity index (χ2v) is 4.50. The SMILES string of the molecule is CCn1c(C)c(C)c2ccc(C=O)c(OCOC)c21. The summed E-state index contributed by atoms with van der Waals surface area (Å²) in [5.41, 5.74) is 3.94. The maximum atomic E-state index is 11.2. The first-order valence-electron chi connectivity index (χ1n) is 6.35. The van der Waals surface area contributed by atoms with Crippen LogP contribution in [-0.4, -0.2) is 24.8 Å². The first-order valence-corrected chi connectivity index (χ1v) is 6.35. The monoisotopic (exact) mass is 261 g/mol. The van der Waals surface area contributed by atoms with Gasteiger partial charge in [-0.1, -0.05) is 6.07 Å². The van der Waals surface area contributed by atoms with Gasteiger partial charge in [0, 0.05) is 24.7 Å². The summed E-state index contributed by atoms with van der Waals surface area (Å²) >= 11 is 0. The lowest BCUT2D eigenvalue weighted by molar-refractivity contribution is 0.0514. The van der Waals surface area contributed by atoms with Crippen molar-refractivity contribution in [2.45, 2.75) is 27.3 Å². The van der Waals surface area contributed by atoms with Crippen molar-refractivity contribution >= 4 is 17.2 Å². The molecule has 19 heavy (non-hydrogen) atoms. The molecule has 0 fully saturated rings. The molecule has 0 unspecified atom stereocenters. The molecule has 1 heterocycles. The minimum Gasteiger partial charge on any atom is -0.465 e. The van der Waals surface area contributed by atoms with Crippen LogP contribution in [0.3, 0.4) is 0 Å². The molecule has 0 amide bonds. The maximum absolute atomic E-state index is 11.2. The highest BCUT2D eigenvalue weighted by atomic mass is 16.7. The number of aromatic nitrogens is 1. The second kappa shape index (κ2) is 5.45.